The van der Waals surface area contributed by atoms with Crippen molar-refractivity contribution in [1.29, 1.82) is 5.26 Å². The van der Waals surface area contributed by atoms with Crippen LogP contribution < -0.4 is 4.72 Å². The fourth-order valence-corrected chi connectivity index (χ4v) is 3.91. The molecule has 23 heavy (non-hydrogen) atoms. The van der Waals surface area contributed by atoms with Gasteiger partial charge in [-0.3, -0.25) is 4.68 Å². The number of aryl methyl sites for hydroxylation is 1. The summed E-state index contributed by atoms with van der Waals surface area (Å²) in [6.07, 6.45) is 1.88. The predicted octanol–water partition coefficient (Wildman–Crippen LogP) is 1.10. The Morgan fingerprint density at radius 2 is 2.09 bits per heavy atom. The van der Waals surface area contributed by atoms with Gasteiger partial charge in [-0.05, 0) is 36.8 Å². The van der Waals surface area contributed by atoms with Gasteiger partial charge in [0.1, 0.15) is 6.10 Å². The van der Waals surface area contributed by atoms with E-state index in [1.165, 1.54) is 24.3 Å². The van der Waals surface area contributed by atoms with E-state index in [9.17, 15) is 8.42 Å². The number of sulfonamides is 1. The zero-order chi connectivity index (χ0) is 16.4. The molecule has 2 aromatic rings. The highest BCUT2D eigenvalue weighted by molar-refractivity contribution is 7.89. The second-order valence-corrected chi connectivity index (χ2v) is 7.04. The second kappa shape index (κ2) is 6.12. The van der Waals surface area contributed by atoms with Crippen molar-refractivity contribution < 1.29 is 13.2 Å². The molecule has 7 nitrogen and oxygen atoms in total. The summed E-state index contributed by atoms with van der Waals surface area (Å²) in [6, 6.07) is 9.25. The minimum Gasteiger partial charge on any atom is -0.370 e. The number of ether oxygens (including phenoxy) is 1. The van der Waals surface area contributed by atoms with Gasteiger partial charge < -0.3 is 4.74 Å². The number of nitrogens with zero attached hydrogens (tertiary/aromatic N) is 3. The van der Waals surface area contributed by atoms with E-state index in [1.807, 2.05) is 12.1 Å². The monoisotopic (exact) mass is 332 g/mol. The Hall–Kier alpha value is -2.21. The van der Waals surface area contributed by atoms with Crippen LogP contribution in [0.25, 0.3) is 0 Å². The normalized spacial score (nSPS) is 21.2. The largest absolute Gasteiger partial charge is 0.370 e. The van der Waals surface area contributed by atoms with Gasteiger partial charge in [0.15, 0.2) is 0 Å². The molecule has 2 atom stereocenters. The third-order valence-electron chi connectivity index (χ3n) is 3.84. The summed E-state index contributed by atoms with van der Waals surface area (Å²) in [5, 5.41) is 12.9. The summed E-state index contributed by atoms with van der Waals surface area (Å²) in [5.74, 6) is 0. The first-order valence-electron chi connectivity index (χ1n) is 7.13. The quantitative estimate of drug-likeness (QED) is 0.904. The van der Waals surface area contributed by atoms with Gasteiger partial charge in [0.2, 0.25) is 10.0 Å². The minimum atomic E-state index is -3.67. The maximum Gasteiger partial charge on any atom is 0.240 e. The van der Waals surface area contributed by atoms with E-state index in [1.54, 1.807) is 17.9 Å². The van der Waals surface area contributed by atoms with Crippen molar-refractivity contribution in [3.05, 3.63) is 47.8 Å². The van der Waals surface area contributed by atoms with Crippen molar-refractivity contribution in [2.75, 3.05) is 6.61 Å². The molecule has 1 aromatic heterocycles. The number of nitriles is 1. The highest BCUT2D eigenvalue weighted by atomic mass is 32.2. The number of benzene rings is 1. The molecule has 1 fully saturated rings. The van der Waals surface area contributed by atoms with Crippen LogP contribution >= 0.6 is 0 Å². The predicted molar refractivity (Wildman–Crippen MR) is 81.8 cm³/mol. The van der Waals surface area contributed by atoms with E-state index in [2.05, 4.69) is 9.82 Å². The highest BCUT2D eigenvalue weighted by Crippen LogP contribution is 2.29. The molecule has 0 aliphatic carbocycles. The van der Waals surface area contributed by atoms with E-state index in [0.717, 1.165) is 5.69 Å². The Kier molecular flexibility index (Phi) is 4.17. The Balaban J connectivity index is 1.82. The van der Waals surface area contributed by atoms with Crippen molar-refractivity contribution in [3.8, 4) is 6.07 Å². The first-order chi connectivity index (χ1) is 11.0. The Morgan fingerprint density at radius 1 is 1.35 bits per heavy atom. The van der Waals surface area contributed by atoms with E-state index >= 15 is 0 Å². The minimum absolute atomic E-state index is 0.132. The molecule has 1 aromatic carbocycles. The van der Waals surface area contributed by atoms with Crippen LogP contribution in [0.15, 0.2) is 41.4 Å². The molecule has 0 bridgehead atoms. The van der Waals surface area contributed by atoms with Crippen LogP contribution in [0.5, 0.6) is 0 Å². The van der Waals surface area contributed by atoms with Crippen molar-refractivity contribution in [3.63, 3.8) is 0 Å². The summed E-state index contributed by atoms with van der Waals surface area (Å²) in [6.45, 7) is 0.483. The summed E-state index contributed by atoms with van der Waals surface area (Å²) < 4.78 is 35.1. The maximum absolute atomic E-state index is 12.5. The van der Waals surface area contributed by atoms with Crippen molar-refractivity contribution in [2.24, 2.45) is 7.05 Å². The highest BCUT2D eigenvalue weighted by Gasteiger charge is 2.34. The van der Waals surface area contributed by atoms with E-state index in [-0.39, 0.29) is 17.0 Å². The number of rotatable bonds is 4. The standard InChI is InChI=1S/C15H16N4O3S/c1-19-14(6-8-17-19)15-13(7-9-22-15)18-23(20,21)12-4-2-11(10-16)3-5-12/h2-6,8,13,15,18H,7,9H2,1H3/t13-,15-/m0/s1. The van der Waals surface area contributed by atoms with Crippen LogP contribution in [-0.4, -0.2) is 30.8 Å². The lowest BCUT2D eigenvalue weighted by molar-refractivity contribution is 0.0959. The van der Waals surface area contributed by atoms with E-state index < -0.39 is 10.0 Å². The SMILES string of the molecule is Cn1nccc1[C@H]1OCC[C@@H]1NS(=O)(=O)c1ccc(C#N)cc1. The van der Waals surface area contributed by atoms with Crippen LogP contribution in [-0.2, 0) is 21.8 Å². The smallest absolute Gasteiger partial charge is 0.240 e. The van der Waals surface area contributed by atoms with Gasteiger partial charge in [0.25, 0.3) is 0 Å². The fraction of sp³-hybridized carbons (Fsp3) is 0.333. The molecule has 0 radical (unpaired) electrons. The third kappa shape index (κ3) is 3.12. The van der Waals surface area contributed by atoms with Crippen LogP contribution in [0.3, 0.4) is 0 Å². The first kappa shape index (κ1) is 15.7. The number of hydrogen-bond acceptors (Lipinski definition) is 5. The number of hydrogen-bond donors (Lipinski definition) is 1. The fourth-order valence-electron chi connectivity index (χ4n) is 2.64. The molecule has 120 valence electrons. The van der Waals surface area contributed by atoms with Crippen LogP contribution in [0.2, 0.25) is 0 Å². The summed E-state index contributed by atoms with van der Waals surface area (Å²) in [7, 11) is -1.88. The topological polar surface area (TPSA) is 97.0 Å². The zero-order valence-corrected chi connectivity index (χ0v) is 13.3. The lowest BCUT2D eigenvalue weighted by Gasteiger charge is -2.20. The van der Waals surface area contributed by atoms with Crippen LogP contribution in [0.1, 0.15) is 23.8 Å². The van der Waals surface area contributed by atoms with Crippen LogP contribution in [0.4, 0.5) is 0 Å². The van der Waals surface area contributed by atoms with Crippen molar-refractivity contribution >= 4 is 10.0 Å². The molecule has 0 spiro atoms. The van der Waals surface area contributed by atoms with Gasteiger partial charge in [-0.2, -0.15) is 10.4 Å². The summed E-state index contributed by atoms with van der Waals surface area (Å²) in [4.78, 5) is 0.132. The van der Waals surface area contributed by atoms with E-state index in [0.29, 0.717) is 18.6 Å². The Morgan fingerprint density at radius 3 is 2.70 bits per heavy atom. The van der Waals surface area contributed by atoms with Gasteiger partial charge in [-0.15, -0.1) is 0 Å². The molecule has 1 saturated heterocycles. The van der Waals surface area contributed by atoms with E-state index in [4.69, 9.17) is 10.00 Å². The molecule has 0 amide bonds. The number of aromatic nitrogens is 2. The molecule has 8 heteroatoms. The van der Waals surface area contributed by atoms with Crippen LogP contribution in [0, 0.1) is 11.3 Å². The average molecular weight is 332 g/mol. The van der Waals surface area contributed by atoms with Gasteiger partial charge >= 0.3 is 0 Å². The lowest BCUT2D eigenvalue weighted by atomic mass is 10.1. The molecule has 2 heterocycles. The molecule has 1 aliphatic heterocycles. The van der Waals surface area contributed by atoms with Crippen molar-refractivity contribution in [2.45, 2.75) is 23.5 Å². The molecule has 0 unspecified atom stereocenters. The van der Waals surface area contributed by atoms with Gasteiger partial charge in [-0.25, -0.2) is 13.1 Å². The molecular weight excluding hydrogens is 316 g/mol. The lowest BCUT2D eigenvalue weighted by Crippen LogP contribution is -2.37. The summed E-state index contributed by atoms with van der Waals surface area (Å²) >= 11 is 0. The van der Waals surface area contributed by atoms with Gasteiger partial charge in [0.05, 0.1) is 28.3 Å². The average Bonchev–Trinajstić information content (AvgIpc) is 3.15. The van der Waals surface area contributed by atoms with Crippen molar-refractivity contribution in [1.82, 2.24) is 14.5 Å². The number of nitrogens with one attached hydrogen (secondary N) is 1. The molecular formula is C15H16N4O3S. The zero-order valence-electron chi connectivity index (χ0n) is 12.5. The molecule has 0 saturated carbocycles. The molecule has 1 N–H and O–H groups in total. The molecule has 3 rings (SSSR count). The third-order valence-corrected chi connectivity index (χ3v) is 5.35. The van der Waals surface area contributed by atoms with Gasteiger partial charge in [0, 0.05) is 19.9 Å². The Bertz CT molecular complexity index is 836. The first-order valence-corrected chi connectivity index (χ1v) is 8.61. The maximum atomic E-state index is 12.5. The van der Waals surface area contributed by atoms with Gasteiger partial charge in [-0.1, -0.05) is 0 Å². The second-order valence-electron chi connectivity index (χ2n) is 5.32. The molecule has 1 aliphatic rings. The summed E-state index contributed by atoms with van der Waals surface area (Å²) in [5.41, 5.74) is 1.25. The Labute approximate surface area is 134 Å².